The number of halogens is 1. The standard InChI is InChI=1S/C13H13BrN2/c1-10-7-12(3-4-13(10)14)15-8-11-5-6-16(2)9-11/h3-9H,1-2H3. The van der Waals surface area contributed by atoms with E-state index in [-0.39, 0.29) is 0 Å². The first-order chi connectivity index (χ1) is 7.65. The smallest absolute Gasteiger partial charge is 0.0633 e. The lowest BCUT2D eigenvalue weighted by Crippen LogP contribution is -1.80. The SMILES string of the molecule is Cc1cc(N=Cc2ccn(C)c2)ccc1Br. The zero-order valence-electron chi connectivity index (χ0n) is 9.31. The first kappa shape index (κ1) is 11.1. The Bertz CT molecular complexity index is 526. The summed E-state index contributed by atoms with van der Waals surface area (Å²) in [5.74, 6) is 0. The fourth-order valence-electron chi connectivity index (χ4n) is 1.46. The molecule has 2 aromatic rings. The van der Waals surface area contributed by atoms with Crippen molar-refractivity contribution in [1.82, 2.24) is 4.57 Å². The molecule has 0 aliphatic rings. The van der Waals surface area contributed by atoms with E-state index >= 15 is 0 Å². The summed E-state index contributed by atoms with van der Waals surface area (Å²) in [6.07, 6.45) is 5.92. The van der Waals surface area contributed by atoms with E-state index in [4.69, 9.17) is 0 Å². The molecule has 16 heavy (non-hydrogen) atoms. The van der Waals surface area contributed by atoms with Crippen molar-refractivity contribution in [1.29, 1.82) is 0 Å². The van der Waals surface area contributed by atoms with E-state index in [1.807, 2.05) is 48.4 Å². The topological polar surface area (TPSA) is 17.3 Å². The van der Waals surface area contributed by atoms with Crippen LogP contribution in [0, 0.1) is 6.92 Å². The van der Waals surface area contributed by atoms with Gasteiger partial charge in [0.15, 0.2) is 0 Å². The van der Waals surface area contributed by atoms with Gasteiger partial charge >= 0.3 is 0 Å². The van der Waals surface area contributed by atoms with Crippen LogP contribution in [0.25, 0.3) is 0 Å². The molecule has 0 radical (unpaired) electrons. The van der Waals surface area contributed by atoms with E-state index in [1.165, 1.54) is 5.56 Å². The van der Waals surface area contributed by atoms with E-state index in [2.05, 4.69) is 33.9 Å². The lowest BCUT2D eigenvalue weighted by Gasteiger charge is -1.98. The number of hydrogen-bond donors (Lipinski definition) is 0. The summed E-state index contributed by atoms with van der Waals surface area (Å²) in [4.78, 5) is 4.43. The number of aliphatic imine (C=N–C) groups is 1. The van der Waals surface area contributed by atoms with Gasteiger partial charge in [-0.1, -0.05) is 15.9 Å². The van der Waals surface area contributed by atoms with Crippen LogP contribution in [0.4, 0.5) is 5.69 Å². The Kier molecular flexibility index (Phi) is 3.25. The van der Waals surface area contributed by atoms with Crippen LogP contribution < -0.4 is 0 Å². The van der Waals surface area contributed by atoms with Crippen molar-refractivity contribution in [2.75, 3.05) is 0 Å². The molecule has 0 aliphatic heterocycles. The molecule has 0 saturated carbocycles. The lowest BCUT2D eigenvalue weighted by molar-refractivity contribution is 0.927. The monoisotopic (exact) mass is 276 g/mol. The highest BCUT2D eigenvalue weighted by atomic mass is 79.9. The highest BCUT2D eigenvalue weighted by Gasteiger charge is 1.95. The predicted molar refractivity (Wildman–Crippen MR) is 71.5 cm³/mol. The Labute approximate surface area is 104 Å². The number of aromatic nitrogens is 1. The van der Waals surface area contributed by atoms with Gasteiger partial charge in [-0.3, -0.25) is 4.99 Å². The van der Waals surface area contributed by atoms with E-state index in [0.29, 0.717) is 0 Å². The molecule has 0 unspecified atom stereocenters. The molecule has 1 heterocycles. The summed E-state index contributed by atoms with van der Waals surface area (Å²) in [7, 11) is 2.00. The van der Waals surface area contributed by atoms with Crippen molar-refractivity contribution in [2.24, 2.45) is 12.0 Å². The number of hydrogen-bond acceptors (Lipinski definition) is 1. The molecular weight excluding hydrogens is 264 g/mol. The van der Waals surface area contributed by atoms with E-state index in [1.54, 1.807) is 0 Å². The summed E-state index contributed by atoms with van der Waals surface area (Å²) >= 11 is 3.47. The molecule has 2 rings (SSSR count). The fourth-order valence-corrected chi connectivity index (χ4v) is 1.71. The number of nitrogens with zero attached hydrogens (tertiary/aromatic N) is 2. The van der Waals surface area contributed by atoms with Gasteiger partial charge in [-0.25, -0.2) is 0 Å². The molecule has 0 bridgehead atoms. The fraction of sp³-hybridized carbons (Fsp3) is 0.154. The molecule has 0 saturated heterocycles. The number of benzene rings is 1. The zero-order valence-corrected chi connectivity index (χ0v) is 10.9. The predicted octanol–water partition coefficient (Wildman–Crippen LogP) is 3.85. The highest BCUT2D eigenvalue weighted by Crippen LogP contribution is 2.21. The molecule has 0 fully saturated rings. The quantitative estimate of drug-likeness (QED) is 0.742. The second-order valence-electron chi connectivity index (χ2n) is 3.80. The summed E-state index contributed by atoms with van der Waals surface area (Å²) in [6.45, 7) is 2.06. The molecular formula is C13H13BrN2. The molecule has 0 N–H and O–H groups in total. The molecule has 3 heteroatoms. The maximum atomic E-state index is 4.43. The van der Waals surface area contributed by atoms with Crippen LogP contribution in [-0.2, 0) is 7.05 Å². The van der Waals surface area contributed by atoms with Gasteiger partial charge in [-0.15, -0.1) is 0 Å². The minimum Gasteiger partial charge on any atom is -0.357 e. The van der Waals surface area contributed by atoms with Crippen molar-refractivity contribution in [2.45, 2.75) is 6.92 Å². The average molecular weight is 277 g/mol. The normalized spacial score (nSPS) is 11.2. The molecule has 1 aromatic carbocycles. The summed E-state index contributed by atoms with van der Waals surface area (Å²) in [5.41, 5.74) is 3.29. The third-order valence-electron chi connectivity index (χ3n) is 2.36. The van der Waals surface area contributed by atoms with Gasteiger partial charge in [-0.05, 0) is 36.8 Å². The Hall–Kier alpha value is -1.35. The molecule has 1 aromatic heterocycles. The van der Waals surface area contributed by atoms with E-state index < -0.39 is 0 Å². The van der Waals surface area contributed by atoms with Crippen LogP contribution in [0.2, 0.25) is 0 Å². The van der Waals surface area contributed by atoms with E-state index in [9.17, 15) is 0 Å². The second kappa shape index (κ2) is 4.66. The first-order valence-corrected chi connectivity index (χ1v) is 5.86. The van der Waals surface area contributed by atoms with Crippen LogP contribution in [0.5, 0.6) is 0 Å². The van der Waals surface area contributed by atoms with Crippen LogP contribution in [0.3, 0.4) is 0 Å². The van der Waals surface area contributed by atoms with Gasteiger partial charge in [-0.2, -0.15) is 0 Å². The number of aryl methyl sites for hydroxylation is 2. The highest BCUT2D eigenvalue weighted by molar-refractivity contribution is 9.10. The second-order valence-corrected chi connectivity index (χ2v) is 4.66. The van der Waals surface area contributed by atoms with Gasteiger partial charge in [0.05, 0.1) is 5.69 Å². The van der Waals surface area contributed by atoms with Gasteiger partial charge in [0, 0.05) is 35.7 Å². The van der Waals surface area contributed by atoms with Crippen molar-refractivity contribution in [3.05, 3.63) is 52.3 Å². The van der Waals surface area contributed by atoms with Crippen molar-refractivity contribution < 1.29 is 0 Å². The Morgan fingerprint density at radius 2 is 2.12 bits per heavy atom. The van der Waals surface area contributed by atoms with Crippen LogP contribution in [0.15, 0.2) is 46.1 Å². The average Bonchev–Trinajstić information content (AvgIpc) is 2.66. The molecule has 2 nitrogen and oxygen atoms in total. The van der Waals surface area contributed by atoms with Gasteiger partial charge in [0.2, 0.25) is 0 Å². The minimum absolute atomic E-state index is 0.976. The third kappa shape index (κ3) is 2.61. The van der Waals surface area contributed by atoms with Crippen molar-refractivity contribution in [3.8, 4) is 0 Å². The van der Waals surface area contributed by atoms with Gasteiger partial charge in [0.1, 0.15) is 0 Å². The molecule has 0 aliphatic carbocycles. The maximum Gasteiger partial charge on any atom is 0.0633 e. The summed E-state index contributed by atoms with van der Waals surface area (Å²) < 4.78 is 3.12. The first-order valence-electron chi connectivity index (χ1n) is 5.07. The molecule has 0 atom stereocenters. The van der Waals surface area contributed by atoms with E-state index in [0.717, 1.165) is 15.7 Å². The minimum atomic E-state index is 0.976. The maximum absolute atomic E-state index is 4.43. The van der Waals surface area contributed by atoms with Crippen LogP contribution in [-0.4, -0.2) is 10.8 Å². The van der Waals surface area contributed by atoms with Crippen LogP contribution >= 0.6 is 15.9 Å². The van der Waals surface area contributed by atoms with Gasteiger partial charge < -0.3 is 4.57 Å². The number of rotatable bonds is 2. The largest absolute Gasteiger partial charge is 0.357 e. The summed E-state index contributed by atoms with van der Waals surface area (Å²) in [5, 5.41) is 0. The Morgan fingerprint density at radius 1 is 1.31 bits per heavy atom. The molecule has 0 spiro atoms. The van der Waals surface area contributed by atoms with Crippen molar-refractivity contribution >= 4 is 27.8 Å². The van der Waals surface area contributed by atoms with Crippen LogP contribution in [0.1, 0.15) is 11.1 Å². The molecule has 0 amide bonds. The Morgan fingerprint density at radius 3 is 2.75 bits per heavy atom. The third-order valence-corrected chi connectivity index (χ3v) is 3.25. The molecule has 82 valence electrons. The lowest BCUT2D eigenvalue weighted by atomic mass is 10.2. The Balaban J connectivity index is 2.20. The van der Waals surface area contributed by atoms with Crippen molar-refractivity contribution in [3.63, 3.8) is 0 Å². The summed E-state index contributed by atoms with van der Waals surface area (Å²) in [6, 6.07) is 8.11. The van der Waals surface area contributed by atoms with Gasteiger partial charge in [0.25, 0.3) is 0 Å². The zero-order chi connectivity index (χ0) is 11.5.